The number of hydrogen-bond acceptors (Lipinski definition) is 8. The van der Waals surface area contributed by atoms with Gasteiger partial charge in [-0.15, -0.1) is 0 Å². The third kappa shape index (κ3) is 3.83. The average Bonchev–Trinajstić information content (AvgIpc) is 3.43. The number of aromatic nitrogens is 3. The number of ether oxygens (including phenoxy) is 4. The second-order valence-electron chi connectivity index (χ2n) is 8.05. The van der Waals surface area contributed by atoms with Gasteiger partial charge in [0.1, 0.15) is 11.6 Å². The van der Waals surface area contributed by atoms with Crippen molar-refractivity contribution >= 4 is 33.3 Å². The van der Waals surface area contributed by atoms with Gasteiger partial charge in [0.25, 0.3) is 0 Å². The third-order valence-corrected chi connectivity index (χ3v) is 7.05. The summed E-state index contributed by atoms with van der Waals surface area (Å²) in [7, 11) is 4.72. The number of amides is 1. The van der Waals surface area contributed by atoms with E-state index in [2.05, 4.69) is 5.32 Å². The first-order valence-corrected chi connectivity index (χ1v) is 12.0. The fraction of sp³-hybridized carbons (Fsp3) is 0.320. The van der Waals surface area contributed by atoms with Crippen molar-refractivity contribution in [2.45, 2.75) is 26.2 Å². The molecule has 0 unspecified atom stereocenters. The molecule has 0 bridgehead atoms. The number of rotatable bonds is 7. The van der Waals surface area contributed by atoms with Crippen molar-refractivity contribution < 1.29 is 23.7 Å². The third-order valence-electron chi connectivity index (χ3n) is 6.05. The zero-order valence-electron chi connectivity index (χ0n) is 20.2. The van der Waals surface area contributed by atoms with Crippen molar-refractivity contribution in [3.05, 3.63) is 47.2 Å². The van der Waals surface area contributed by atoms with Crippen molar-refractivity contribution in [2.75, 3.05) is 33.3 Å². The lowest BCUT2D eigenvalue weighted by atomic mass is 9.85. The number of carbonyl (C=O) groups excluding carboxylic acids is 1. The number of benzene rings is 2. The van der Waals surface area contributed by atoms with Gasteiger partial charge in [-0.05, 0) is 38.1 Å². The van der Waals surface area contributed by atoms with Gasteiger partial charge in [0.05, 0.1) is 43.8 Å². The fourth-order valence-electron chi connectivity index (χ4n) is 4.59. The molecule has 2 aromatic heterocycles. The fourth-order valence-corrected chi connectivity index (χ4v) is 5.54. The number of aryl methyl sites for hydroxylation is 1. The Labute approximate surface area is 206 Å². The Balaban J connectivity index is 1.64. The number of carbonyl (C=O) groups is 1. The monoisotopic (exact) mass is 494 g/mol. The minimum absolute atomic E-state index is 0.111. The average molecular weight is 495 g/mol. The van der Waals surface area contributed by atoms with Crippen LogP contribution in [0.3, 0.4) is 0 Å². The summed E-state index contributed by atoms with van der Waals surface area (Å²) in [6.07, 6.45) is 0.253. The maximum absolute atomic E-state index is 12.9. The molecule has 1 aliphatic heterocycles. The first-order chi connectivity index (χ1) is 17.0. The summed E-state index contributed by atoms with van der Waals surface area (Å²) in [4.78, 5) is 17.6. The molecular weight excluding hydrogens is 468 g/mol. The molecule has 0 spiro atoms. The smallest absolute Gasteiger partial charge is 0.226 e. The van der Waals surface area contributed by atoms with Crippen LogP contribution in [0.1, 0.15) is 36.1 Å². The van der Waals surface area contributed by atoms with Gasteiger partial charge in [-0.3, -0.25) is 4.79 Å². The number of hydrogen-bond donors (Lipinski definition) is 1. The van der Waals surface area contributed by atoms with Crippen LogP contribution in [0.15, 0.2) is 30.3 Å². The maximum atomic E-state index is 12.9. The van der Waals surface area contributed by atoms with Crippen molar-refractivity contribution in [2.24, 2.45) is 0 Å². The van der Waals surface area contributed by atoms with Gasteiger partial charge in [0, 0.05) is 23.5 Å². The molecule has 1 N–H and O–H groups in total. The Kier molecular flexibility index (Phi) is 5.98. The van der Waals surface area contributed by atoms with E-state index in [1.165, 1.54) is 11.3 Å². The summed E-state index contributed by atoms with van der Waals surface area (Å²) in [5, 5.41) is 8.46. The molecule has 5 rings (SSSR count). The number of methoxy groups -OCH3 is 3. The van der Waals surface area contributed by atoms with Crippen molar-refractivity contribution in [3.8, 4) is 28.1 Å². The molecule has 0 saturated heterocycles. The first kappa shape index (κ1) is 23.0. The van der Waals surface area contributed by atoms with Crippen LogP contribution < -0.4 is 24.3 Å². The van der Waals surface area contributed by atoms with Gasteiger partial charge in [0.2, 0.25) is 16.8 Å². The summed E-state index contributed by atoms with van der Waals surface area (Å²) in [5.41, 5.74) is 3.39. The van der Waals surface area contributed by atoms with E-state index >= 15 is 0 Å². The summed E-state index contributed by atoms with van der Waals surface area (Å²) in [6.45, 7) is 4.48. The van der Waals surface area contributed by atoms with Crippen molar-refractivity contribution in [3.63, 3.8) is 0 Å². The van der Waals surface area contributed by atoms with E-state index < -0.39 is 0 Å². The van der Waals surface area contributed by atoms with Gasteiger partial charge in [0.15, 0.2) is 11.5 Å². The minimum Gasteiger partial charge on any atom is -0.494 e. The summed E-state index contributed by atoms with van der Waals surface area (Å²) < 4.78 is 25.1. The number of nitrogens with zero attached hydrogens (tertiary/aromatic N) is 3. The van der Waals surface area contributed by atoms with Crippen LogP contribution >= 0.6 is 11.3 Å². The topological polar surface area (TPSA) is 96.7 Å². The lowest BCUT2D eigenvalue weighted by Gasteiger charge is -2.26. The van der Waals surface area contributed by atoms with Crippen molar-refractivity contribution in [1.82, 2.24) is 14.8 Å². The molecule has 1 atom stereocenters. The highest BCUT2D eigenvalue weighted by Gasteiger charge is 2.36. The van der Waals surface area contributed by atoms with Crippen LogP contribution in [0.5, 0.6) is 23.0 Å². The molecule has 3 heterocycles. The number of anilines is 1. The molecule has 4 aromatic rings. The van der Waals surface area contributed by atoms with E-state index in [-0.39, 0.29) is 18.2 Å². The maximum Gasteiger partial charge on any atom is 0.226 e. The number of thiazole rings is 1. The largest absolute Gasteiger partial charge is 0.494 e. The second kappa shape index (κ2) is 9.10. The van der Waals surface area contributed by atoms with E-state index in [4.69, 9.17) is 29.0 Å². The van der Waals surface area contributed by atoms with E-state index in [0.29, 0.717) is 34.8 Å². The molecule has 9 nitrogen and oxygen atoms in total. The highest BCUT2D eigenvalue weighted by Crippen LogP contribution is 2.48. The SMILES string of the molecule is CCOc1ccc2nc(-n3nc(C)c4c3NC(=O)C[C@@H]4c3ccc(OC)c(OC)c3OC)sc2c1. The molecule has 10 heteroatoms. The Bertz CT molecular complexity index is 1430. The Morgan fingerprint density at radius 1 is 1.11 bits per heavy atom. The minimum atomic E-state index is -0.277. The molecule has 0 radical (unpaired) electrons. The number of fused-ring (bicyclic) bond motifs is 2. The Morgan fingerprint density at radius 3 is 2.63 bits per heavy atom. The van der Waals surface area contributed by atoms with Gasteiger partial charge in [-0.2, -0.15) is 9.78 Å². The van der Waals surface area contributed by atoms with E-state index in [9.17, 15) is 4.79 Å². The predicted molar refractivity (Wildman–Crippen MR) is 134 cm³/mol. The van der Waals surface area contributed by atoms with Crippen LogP contribution in [-0.4, -0.2) is 48.6 Å². The van der Waals surface area contributed by atoms with E-state index in [0.717, 1.165) is 32.8 Å². The van der Waals surface area contributed by atoms with Crippen molar-refractivity contribution in [1.29, 1.82) is 0 Å². The van der Waals surface area contributed by atoms with Crippen LogP contribution in [0.4, 0.5) is 5.82 Å². The molecular formula is C25H26N4O5S. The van der Waals surface area contributed by atoms with Crippen LogP contribution in [0.25, 0.3) is 15.3 Å². The zero-order chi connectivity index (χ0) is 24.7. The second-order valence-corrected chi connectivity index (χ2v) is 9.06. The molecule has 35 heavy (non-hydrogen) atoms. The van der Waals surface area contributed by atoms with Crippen LogP contribution in [-0.2, 0) is 4.79 Å². The van der Waals surface area contributed by atoms with Gasteiger partial charge < -0.3 is 24.3 Å². The highest BCUT2D eigenvalue weighted by atomic mass is 32.1. The first-order valence-electron chi connectivity index (χ1n) is 11.2. The van der Waals surface area contributed by atoms with Gasteiger partial charge >= 0.3 is 0 Å². The van der Waals surface area contributed by atoms with Gasteiger partial charge in [-0.25, -0.2) is 4.98 Å². The molecule has 2 aromatic carbocycles. The van der Waals surface area contributed by atoms with Crippen LogP contribution in [0, 0.1) is 6.92 Å². The molecule has 0 saturated carbocycles. The zero-order valence-corrected chi connectivity index (χ0v) is 21.0. The highest BCUT2D eigenvalue weighted by molar-refractivity contribution is 7.20. The molecule has 0 fully saturated rings. The van der Waals surface area contributed by atoms with E-state index in [1.54, 1.807) is 26.0 Å². The number of nitrogens with one attached hydrogen (secondary N) is 1. The predicted octanol–water partition coefficient (Wildman–Crippen LogP) is 4.69. The van der Waals surface area contributed by atoms with Crippen LogP contribution in [0.2, 0.25) is 0 Å². The lowest BCUT2D eigenvalue weighted by molar-refractivity contribution is -0.116. The molecule has 0 aliphatic carbocycles. The molecule has 182 valence electrons. The molecule has 1 amide bonds. The molecule has 1 aliphatic rings. The quantitative estimate of drug-likeness (QED) is 0.398. The summed E-state index contributed by atoms with van der Waals surface area (Å²) in [5.74, 6) is 2.60. The Morgan fingerprint density at radius 2 is 1.91 bits per heavy atom. The summed E-state index contributed by atoms with van der Waals surface area (Å²) in [6, 6.07) is 9.54. The lowest BCUT2D eigenvalue weighted by Crippen LogP contribution is -2.25. The normalized spacial score (nSPS) is 15.0. The van der Waals surface area contributed by atoms with E-state index in [1.807, 2.05) is 44.2 Å². The standard InChI is InChI=1S/C25H26N4O5S/c1-6-34-14-7-9-17-19(11-14)35-25(26-17)29-24-21(13(2)28-29)16(12-20(30)27-24)15-8-10-18(31-3)23(33-5)22(15)32-4/h7-11,16H,6,12H2,1-5H3,(H,27,30)/t16-/m1/s1. The van der Waals surface area contributed by atoms with Gasteiger partial charge in [-0.1, -0.05) is 17.4 Å². The summed E-state index contributed by atoms with van der Waals surface area (Å²) >= 11 is 1.49. The Hall–Kier alpha value is -3.79.